The monoisotopic (exact) mass is 288 g/mol. The Labute approximate surface area is 113 Å². The quantitative estimate of drug-likeness (QED) is 0.841. The van der Waals surface area contributed by atoms with Crippen molar-refractivity contribution in [2.75, 3.05) is 0 Å². The van der Waals surface area contributed by atoms with E-state index in [1.54, 1.807) is 17.4 Å². The van der Waals surface area contributed by atoms with Crippen molar-refractivity contribution in [3.8, 4) is 0 Å². The molecule has 0 bridgehead atoms. The second-order valence-electron chi connectivity index (χ2n) is 5.06. The molecule has 0 unspecified atom stereocenters. The van der Waals surface area contributed by atoms with Gasteiger partial charge in [-0.05, 0) is 25.8 Å². The normalized spacial score (nSPS) is 16.4. The van der Waals surface area contributed by atoms with Crippen molar-refractivity contribution >= 4 is 21.4 Å². The van der Waals surface area contributed by atoms with Crippen LogP contribution in [0, 0.1) is 6.92 Å². The standard InChI is InChI=1S/C12H20N2O2S2/c1-8(2)13-7-11-6-12(9(3)17-11)18(15,16)14-10-4-5-10/h6,8,10,13-14H,4-5,7H2,1-3H3. The molecule has 0 aliphatic heterocycles. The van der Waals surface area contributed by atoms with E-state index in [0.29, 0.717) is 10.9 Å². The Bertz CT molecular complexity index is 516. The topological polar surface area (TPSA) is 58.2 Å². The first-order valence-electron chi connectivity index (χ1n) is 6.23. The van der Waals surface area contributed by atoms with Crippen molar-refractivity contribution in [2.45, 2.75) is 57.1 Å². The van der Waals surface area contributed by atoms with Crippen LogP contribution in [0.5, 0.6) is 0 Å². The highest BCUT2D eigenvalue weighted by atomic mass is 32.2. The number of thiophene rings is 1. The fourth-order valence-electron chi connectivity index (χ4n) is 1.67. The van der Waals surface area contributed by atoms with Crippen LogP contribution < -0.4 is 10.0 Å². The molecule has 1 saturated carbocycles. The Kier molecular flexibility index (Phi) is 4.11. The number of hydrogen-bond acceptors (Lipinski definition) is 4. The molecule has 1 heterocycles. The molecule has 0 radical (unpaired) electrons. The van der Waals surface area contributed by atoms with Gasteiger partial charge in [0.2, 0.25) is 10.0 Å². The molecule has 2 N–H and O–H groups in total. The van der Waals surface area contributed by atoms with Gasteiger partial charge in [0.25, 0.3) is 0 Å². The van der Waals surface area contributed by atoms with Crippen LogP contribution in [-0.4, -0.2) is 20.5 Å². The molecule has 1 aromatic heterocycles. The Hall–Kier alpha value is -0.430. The van der Waals surface area contributed by atoms with Crippen LogP contribution in [0.4, 0.5) is 0 Å². The minimum atomic E-state index is -3.31. The molecule has 0 aromatic carbocycles. The number of hydrogen-bond donors (Lipinski definition) is 2. The minimum absolute atomic E-state index is 0.159. The Balaban J connectivity index is 2.12. The van der Waals surface area contributed by atoms with Crippen molar-refractivity contribution in [2.24, 2.45) is 0 Å². The second kappa shape index (κ2) is 5.28. The molecule has 1 aliphatic carbocycles. The summed E-state index contributed by atoms with van der Waals surface area (Å²) in [5, 5.41) is 3.30. The van der Waals surface area contributed by atoms with Crippen molar-refractivity contribution < 1.29 is 8.42 Å². The number of nitrogens with one attached hydrogen (secondary N) is 2. The van der Waals surface area contributed by atoms with E-state index >= 15 is 0 Å². The third kappa shape index (κ3) is 3.54. The molecule has 0 atom stereocenters. The van der Waals surface area contributed by atoms with Gasteiger partial charge >= 0.3 is 0 Å². The average molecular weight is 288 g/mol. The van der Waals surface area contributed by atoms with Crippen molar-refractivity contribution in [3.63, 3.8) is 0 Å². The summed E-state index contributed by atoms with van der Waals surface area (Å²) in [6.45, 7) is 6.74. The van der Waals surface area contributed by atoms with Gasteiger partial charge in [0.05, 0.1) is 4.90 Å². The van der Waals surface area contributed by atoms with Gasteiger partial charge in [-0.2, -0.15) is 0 Å². The van der Waals surface area contributed by atoms with Crippen LogP contribution in [0.25, 0.3) is 0 Å². The van der Waals surface area contributed by atoms with E-state index in [2.05, 4.69) is 23.9 Å². The first kappa shape index (κ1) is 14.0. The first-order valence-corrected chi connectivity index (χ1v) is 8.53. The van der Waals surface area contributed by atoms with Crippen LogP contribution in [0.15, 0.2) is 11.0 Å². The maximum Gasteiger partial charge on any atom is 0.241 e. The van der Waals surface area contributed by atoms with Gasteiger partial charge < -0.3 is 5.32 Å². The lowest BCUT2D eigenvalue weighted by atomic mass is 10.3. The fourth-order valence-corrected chi connectivity index (χ4v) is 4.56. The second-order valence-corrected chi connectivity index (χ2v) is 8.09. The predicted octanol–water partition coefficient (Wildman–Crippen LogP) is 2.00. The van der Waals surface area contributed by atoms with Gasteiger partial charge in [-0.15, -0.1) is 11.3 Å². The number of aryl methyl sites for hydroxylation is 1. The lowest BCUT2D eigenvalue weighted by Crippen LogP contribution is -2.25. The molecule has 4 nitrogen and oxygen atoms in total. The van der Waals surface area contributed by atoms with E-state index in [-0.39, 0.29) is 6.04 Å². The maximum atomic E-state index is 12.1. The number of sulfonamides is 1. The SMILES string of the molecule is Cc1sc(CNC(C)C)cc1S(=O)(=O)NC1CC1. The summed E-state index contributed by atoms with van der Waals surface area (Å²) in [7, 11) is -3.31. The molecular formula is C12H20N2O2S2. The Morgan fingerprint density at radius 1 is 1.44 bits per heavy atom. The first-order chi connectivity index (χ1) is 8.38. The molecule has 18 heavy (non-hydrogen) atoms. The summed E-state index contributed by atoms with van der Waals surface area (Å²) >= 11 is 1.55. The van der Waals surface area contributed by atoms with Gasteiger partial charge in [0, 0.05) is 28.4 Å². The molecule has 6 heteroatoms. The van der Waals surface area contributed by atoms with Crippen LogP contribution in [0.2, 0.25) is 0 Å². The molecule has 1 aromatic rings. The van der Waals surface area contributed by atoms with Crippen molar-refractivity contribution in [1.29, 1.82) is 0 Å². The summed E-state index contributed by atoms with van der Waals surface area (Å²) in [6, 6.07) is 2.35. The molecular weight excluding hydrogens is 268 g/mol. The molecule has 0 spiro atoms. The van der Waals surface area contributed by atoms with E-state index in [1.165, 1.54) is 0 Å². The van der Waals surface area contributed by atoms with Gasteiger partial charge in [-0.1, -0.05) is 13.8 Å². The third-order valence-corrected chi connectivity index (χ3v) is 5.62. The highest BCUT2D eigenvalue weighted by molar-refractivity contribution is 7.89. The lowest BCUT2D eigenvalue weighted by Gasteiger charge is -2.05. The smallest absolute Gasteiger partial charge is 0.241 e. The molecule has 1 fully saturated rings. The molecule has 102 valence electrons. The highest BCUT2D eigenvalue weighted by Crippen LogP contribution is 2.28. The van der Waals surface area contributed by atoms with Crippen molar-refractivity contribution in [3.05, 3.63) is 15.8 Å². The van der Waals surface area contributed by atoms with E-state index < -0.39 is 10.0 Å². The molecule has 2 rings (SSSR count). The highest BCUT2D eigenvalue weighted by Gasteiger charge is 2.29. The largest absolute Gasteiger partial charge is 0.310 e. The summed E-state index contributed by atoms with van der Waals surface area (Å²) < 4.78 is 27.0. The van der Waals surface area contributed by atoms with Crippen LogP contribution in [0.3, 0.4) is 0 Å². The van der Waals surface area contributed by atoms with Gasteiger partial charge in [0.15, 0.2) is 0 Å². The van der Waals surface area contributed by atoms with Gasteiger partial charge in [0.1, 0.15) is 0 Å². The Morgan fingerprint density at radius 3 is 2.67 bits per heavy atom. The van der Waals surface area contributed by atoms with Crippen molar-refractivity contribution in [1.82, 2.24) is 10.0 Å². The number of rotatable bonds is 6. The maximum absolute atomic E-state index is 12.1. The van der Waals surface area contributed by atoms with Crippen LogP contribution in [0.1, 0.15) is 36.4 Å². The summed E-state index contributed by atoms with van der Waals surface area (Å²) in [5.74, 6) is 0. The summed E-state index contributed by atoms with van der Waals surface area (Å²) in [6.07, 6.45) is 1.92. The summed E-state index contributed by atoms with van der Waals surface area (Å²) in [5.41, 5.74) is 0. The van der Waals surface area contributed by atoms with E-state index in [9.17, 15) is 8.42 Å². The summed E-state index contributed by atoms with van der Waals surface area (Å²) in [4.78, 5) is 2.38. The van der Waals surface area contributed by atoms with E-state index in [0.717, 1.165) is 29.1 Å². The molecule has 0 amide bonds. The zero-order valence-corrected chi connectivity index (χ0v) is 12.6. The zero-order chi connectivity index (χ0) is 13.3. The lowest BCUT2D eigenvalue weighted by molar-refractivity contribution is 0.580. The van der Waals surface area contributed by atoms with Crippen LogP contribution in [-0.2, 0) is 16.6 Å². The van der Waals surface area contributed by atoms with E-state index in [4.69, 9.17) is 0 Å². The molecule has 0 saturated heterocycles. The van der Waals surface area contributed by atoms with Crippen LogP contribution >= 0.6 is 11.3 Å². The van der Waals surface area contributed by atoms with E-state index in [1.807, 2.05) is 6.92 Å². The Morgan fingerprint density at radius 2 is 2.11 bits per heavy atom. The van der Waals surface area contributed by atoms with Gasteiger partial charge in [-0.25, -0.2) is 13.1 Å². The predicted molar refractivity (Wildman–Crippen MR) is 74.4 cm³/mol. The van der Waals surface area contributed by atoms with Gasteiger partial charge in [-0.3, -0.25) is 0 Å². The molecule has 1 aliphatic rings. The minimum Gasteiger partial charge on any atom is -0.310 e. The fraction of sp³-hybridized carbons (Fsp3) is 0.667. The zero-order valence-electron chi connectivity index (χ0n) is 11.0. The third-order valence-electron chi connectivity index (χ3n) is 2.80. The average Bonchev–Trinajstić information content (AvgIpc) is 2.95.